The molecule has 1 saturated heterocycles. The number of carbonyl (C=O) groups is 1. The van der Waals surface area contributed by atoms with E-state index in [0.29, 0.717) is 6.42 Å². The monoisotopic (exact) mass is 330 g/mol. The molecule has 1 fully saturated rings. The van der Waals surface area contributed by atoms with Crippen LogP contribution in [0.3, 0.4) is 0 Å². The number of hydrogen-bond donors (Lipinski definition) is 2. The minimum Gasteiger partial charge on any atom is -0.507 e. The first-order valence-electron chi connectivity index (χ1n) is 8.12. The standard InChI is InChI=1S/C18H22N2O4/c19-17(5-6-20-7-9-23-10-8-20)24-18(22)15-11-13-3-1-2-4-14(13)12-16(15)21/h1-4,11-12,17,21H,5-10,19H2. The van der Waals surface area contributed by atoms with Crippen LogP contribution < -0.4 is 5.73 Å². The summed E-state index contributed by atoms with van der Waals surface area (Å²) in [6, 6.07) is 10.7. The van der Waals surface area contributed by atoms with Crippen LogP contribution >= 0.6 is 0 Å². The predicted octanol–water partition coefficient (Wildman–Crippen LogP) is 1.71. The lowest BCUT2D eigenvalue weighted by molar-refractivity contribution is 0.0146. The number of phenols is 1. The Hall–Kier alpha value is -2.15. The van der Waals surface area contributed by atoms with Crippen molar-refractivity contribution in [2.24, 2.45) is 5.73 Å². The Kier molecular flexibility index (Phi) is 5.30. The maximum Gasteiger partial charge on any atom is 0.343 e. The molecule has 6 nitrogen and oxygen atoms in total. The second-order valence-electron chi connectivity index (χ2n) is 5.90. The van der Waals surface area contributed by atoms with Gasteiger partial charge in [0, 0.05) is 26.1 Å². The van der Waals surface area contributed by atoms with Crippen LogP contribution in [-0.2, 0) is 9.47 Å². The summed E-state index contributed by atoms with van der Waals surface area (Å²) in [6.07, 6.45) is -0.161. The molecule has 6 heteroatoms. The molecule has 1 heterocycles. The molecule has 0 bridgehead atoms. The van der Waals surface area contributed by atoms with E-state index in [-0.39, 0.29) is 11.3 Å². The van der Waals surface area contributed by atoms with Crippen molar-refractivity contribution in [3.63, 3.8) is 0 Å². The number of nitrogens with zero attached hydrogens (tertiary/aromatic N) is 1. The number of nitrogens with two attached hydrogens (primary N) is 1. The Balaban J connectivity index is 1.60. The lowest BCUT2D eigenvalue weighted by Crippen LogP contribution is -2.39. The Morgan fingerprint density at radius 2 is 1.92 bits per heavy atom. The molecule has 0 saturated carbocycles. The summed E-state index contributed by atoms with van der Waals surface area (Å²) in [7, 11) is 0. The summed E-state index contributed by atoms with van der Waals surface area (Å²) in [6.45, 7) is 3.93. The zero-order chi connectivity index (χ0) is 16.9. The van der Waals surface area contributed by atoms with Gasteiger partial charge in [0.1, 0.15) is 11.3 Å². The molecule has 0 amide bonds. The quantitative estimate of drug-likeness (QED) is 0.641. The van der Waals surface area contributed by atoms with E-state index in [2.05, 4.69) is 4.90 Å². The van der Waals surface area contributed by atoms with Gasteiger partial charge in [0.05, 0.1) is 13.2 Å². The van der Waals surface area contributed by atoms with Crippen LogP contribution in [0.1, 0.15) is 16.8 Å². The van der Waals surface area contributed by atoms with Crippen LogP contribution in [0.15, 0.2) is 36.4 Å². The van der Waals surface area contributed by atoms with Crippen molar-refractivity contribution in [3.8, 4) is 5.75 Å². The van der Waals surface area contributed by atoms with Crippen LogP contribution in [0.4, 0.5) is 0 Å². The third kappa shape index (κ3) is 4.03. The van der Waals surface area contributed by atoms with E-state index in [9.17, 15) is 9.90 Å². The number of morpholine rings is 1. The number of hydrogen-bond acceptors (Lipinski definition) is 6. The number of carbonyl (C=O) groups excluding carboxylic acids is 1. The number of ether oxygens (including phenoxy) is 2. The van der Waals surface area contributed by atoms with Crippen LogP contribution in [0.5, 0.6) is 5.75 Å². The van der Waals surface area contributed by atoms with Crippen molar-refractivity contribution in [2.45, 2.75) is 12.6 Å². The highest BCUT2D eigenvalue weighted by Crippen LogP contribution is 2.25. The average molecular weight is 330 g/mol. The van der Waals surface area contributed by atoms with Gasteiger partial charge in [-0.15, -0.1) is 0 Å². The molecule has 3 N–H and O–H groups in total. The van der Waals surface area contributed by atoms with E-state index >= 15 is 0 Å². The fourth-order valence-electron chi connectivity index (χ4n) is 2.79. The van der Waals surface area contributed by atoms with Gasteiger partial charge in [0.25, 0.3) is 0 Å². The van der Waals surface area contributed by atoms with E-state index in [1.807, 2.05) is 24.3 Å². The maximum absolute atomic E-state index is 12.3. The summed E-state index contributed by atoms with van der Waals surface area (Å²) >= 11 is 0. The predicted molar refractivity (Wildman–Crippen MR) is 90.9 cm³/mol. The van der Waals surface area contributed by atoms with E-state index in [4.69, 9.17) is 15.2 Å². The fraction of sp³-hybridized carbons (Fsp3) is 0.389. The third-order valence-corrected chi connectivity index (χ3v) is 4.18. The molecule has 2 aromatic rings. The number of esters is 1. The smallest absolute Gasteiger partial charge is 0.343 e. The van der Waals surface area contributed by atoms with Crippen LogP contribution in [0.25, 0.3) is 10.8 Å². The Morgan fingerprint density at radius 1 is 1.25 bits per heavy atom. The van der Waals surface area contributed by atoms with Gasteiger partial charge in [-0.2, -0.15) is 0 Å². The van der Waals surface area contributed by atoms with Crippen LogP contribution in [-0.4, -0.2) is 55.1 Å². The van der Waals surface area contributed by atoms with Gasteiger partial charge in [0.15, 0.2) is 6.23 Å². The molecule has 0 aromatic heterocycles. The van der Waals surface area contributed by atoms with Crippen LogP contribution in [0.2, 0.25) is 0 Å². The highest BCUT2D eigenvalue weighted by atomic mass is 16.6. The van der Waals surface area contributed by atoms with E-state index < -0.39 is 12.2 Å². The van der Waals surface area contributed by atoms with Crippen LogP contribution in [0, 0.1) is 0 Å². The molecular formula is C18H22N2O4. The molecule has 24 heavy (non-hydrogen) atoms. The van der Waals surface area contributed by atoms with Gasteiger partial charge in [-0.1, -0.05) is 24.3 Å². The Morgan fingerprint density at radius 3 is 2.62 bits per heavy atom. The second-order valence-corrected chi connectivity index (χ2v) is 5.90. The van der Waals surface area contributed by atoms with E-state index in [1.165, 1.54) is 0 Å². The van der Waals surface area contributed by atoms with Crippen molar-refractivity contribution in [1.29, 1.82) is 0 Å². The molecular weight excluding hydrogens is 308 g/mol. The lowest BCUT2D eigenvalue weighted by Gasteiger charge is -2.27. The van der Waals surface area contributed by atoms with Crippen molar-refractivity contribution >= 4 is 16.7 Å². The number of rotatable bonds is 5. The topological polar surface area (TPSA) is 85.0 Å². The first kappa shape index (κ1) is 16.7. The van der Waals surface area contributed by atoms with Gasteiger partial charge in [-0.05, 0) is 22.9 Å². The normalized spacial score (nSPS) is 16.9. The highest BCUT2D eigenvalue weighted by Gasteiger charge is 2.18. The Labute approximate surface area is 140 Å². The number of benzene rings is 2. The molecule has 1 aliphatic rings. The molecule has 1 aliphatic heterocycles. The molecule has 0 aliphatic carbocycles. The van der Waals surface area contributed by atoms with Crippen molar-refractivity contribution in [1.82, 2.24) is 4.90 Å². The van der Waals surface area contributed by atoms with E-state index in [1.54, 1.807) is 12.1 Å². The largest absolute Gasteiger partial charge is 0.507 e. The Bertz CT molecular complexity index is 713. The van der Waals surface area contributed by atoms with Crippen molar-refractivity contribution in [3.05, 3.63) is 42.0 Å². The zero-order valence-electron chi connectivity index (χ0n) is 13.5. The number of fused-ring (bicyclic) bond motifs is 1. The lowest BCUT2D eigenvalue weighted by atomic mass is 10.1. The summed E-state index contributed by atoms with van der Waals surface area (Å²) in [4.78, 5) is 14.5. The number of phenolic OH excluding ortho intramolecular Hbond substituents is 1. The minimum atomic E-state index is -0.703. The molecule has 1 unspecified atom stereocenters. The van der Waals surface area contributed by atoms with Gasteiger partial charge in [-0.25, -0.2) is 4.79 Å². The zero-order valence-corrected chi connectivity index (χ0v) is 13.5. The van der Waals surface area contributed by atoms with Gasteiger partial charge in [-0.3, -0.25) is 10.6 Å². The fourth-order valence-corrected chi connectivity index (χ4v) is 2.79. The van der Waals surface area contributed by atoms with E-state index in [0.717, 1.165) is 43.6 Å². The van der Waals surface area contributed by atoms with Crippen molar-refractivity contribution < 1.29 is 19.4 Å². The third-order valence-electron chi connectivity index (χ3n) is 4.18. The SMILES string of the molecule is NC(CCN1CCOCC1)OC(=O)c1cc2ccccc2cc1O. The summed E-state index contributed by atoms with van der Waals surface area (Å²) in [5, 5.41) is 11.8. The molecule has 3 rings (SSSR count). The first-order valence-corrected chi connectivity index (χ1v) is 8.12. The van der Waals surface area contributed by atoms with Gasteiger partial charge < -0.3 is 14.6 Å². The molecule has 2 aromatic carbocycles. The average Bonchev–Trinajstić information content (AvgIpc) is 2.60. The maximum atomic E-state index is 12.3. The second kappa shape index (κ2) is 7.61. The summed E-state index contributed by atoms with van der Waals surface area (Å²) < 4.78 is 10.6. The molecule has 1 atom stereocenters. The molecule has 0 spiro atoms. The highest BCUT2D eigenvalue weighted by molar-refractivity contribution is 5.98. The first-order chi connectivity index (χ1) is 11.6. The van der Waals surface area contributed by atoms with Gasteiger partial charge >= 0.3 is 5.97 Å². The summed E-state index contributed by atoms with van der Waals surface area (Å²) in [5.41, 5.74) is 6.04. The molecule has 0 radical (unpaired) electrons. The number of aromatic hydroxyl groups is 1. The van der Waals surface area contributed by atoms with Gasteiger partial charge in [0.2, 0.25) is 0 Å². The van der Waals surface area contributed by atoms with Crippen molar-refractivity contribution in [2.75, 3.05) is 32.8 Å². The minimum absolute atomic E-state index is 0.0981. The molecule has 128 valence electrons. The summed E-state index contributed by atoms with van der Waals surface area (Å²) in [5.74, 6) is -0.702.